The van der Waals surface area contributed by atoms with Gasteiger partial charge in [0, 0.05) is 13.1 Å². The molecule has 0 amide bonds. The van der Waals surface area contributed by atoms with Crippen LogP contribution in [0.3, 0.4) is 0 Å². The quantitative estimate of drug-likeness (QED) is 0.568. The van der Waals surface area contributed by atoms with Crippen molar-refractivity contribution in [1.82, 2.24) is 9.97 Å². The Morgan fingerprint density at radius 3 is 2.28 bits per heavy atom. The first-order valence-electron chi connectivity index (χ1n) is 6.57. The highest BCUT2D eigenvalue weighted by atomic mass is 127. The molecule has 0 unspecified atom stereocenters. The molecule has 1 fully saturated rings. The molecule has 1 aliphatic rings. The molecule has 0 atom stereocenters. The maximum Gasteiger partial charge on any atom is 0.227 e. The molecule has 2 heterocycles. The standard InChI is InChI=1S/C13H19ClIN3/c1-9(2)11-10(15)12(14)17-13(16-11)18-7-5-3-4-6-8-18/h9H,3-8H2,1-2H3. The monoisotopic (exact) mass is 379 g/mol. The van der Waals surface area contributed by atoms with E-state index in [1.807, 2.05) is 0 Å². The molecule has 1 aliphatic heterocycles. The zero-order valence-electron chi connectivity index (χ0n) is 10.9. The van der Waals surface area contributed by atoms with Gasteiger partial charge in [-0.15, -0.1) is 0 Å². The molecule has 18 heavy (non-hydrogen) atoms. The zero-order chi connectivity index (χ0) is 13.1. The van der Waals surface area contributed by atoms with Gasteiger partial charge >= 0.3 is 0 Å². The summed E-state index contributed by atoms with van der Waals surface area (Å²) in [5.41, 5.74) is 1.06. The van der Waals surface area contributed by atoms with Crippen LogP contribution in [0.25, 0.3) is 0 Å². The van der Waals surface area contributed by atoms with Gasteiger partial charge in [0.2, 0.25) is 5.95 Å². The average molecular weight is 380 g/mol. The maximum atomic E-state index is 6.24. The van der Waals surface area contributed by atoms with Gasteiger partial charge < -0.3 is 4.90 Å². The van der Waals surface area contributed by atoms with Crippen LogP contribution < -0.4 is 4.90 Å². The fraction of sp³-hybridized carbons (Fsp3) is 0.692. The number of rotatable bonds is 2. The van der Waals surface area contributed by atoms with Gasteiger partial charge in [0.25, 0.3) is 0 Å². The number of nitrogens with zero attached hydrogens (tertiary/aromatic N) is 3. The minimum Gasteiger partial charge on any atom is -0.341 e. The molecule has 100 valence electrons. The van der Waals surface area contributed by atoms with Gasteiger partial charge in [-0.2, -0.15) is 4.98 Å². The van der Waals surface area contributed by atoms with Gasteiger partial charge in [0.1, 0.15) is 5.15 Å². The van der Waals surface area contributed by atoms with Gasteiger partial charge in [-0.1, -0.05) is 38.3 Å². The van der Waals surface area contributed by atoms with Crippen LogP contribution in [-0.4, -0.2) is 23.1 Å². The summed E-state index contributed by atoms with van der Waals surface area (Å²) in [6, 6.07) is 0. The van der Waals surface area contributed by atoms with Crippen LogP contribution in [0.2, 0.25) is 5.15 Å². The lowest BCUT2D eigenvalue weighted by molar-refractivity contribution is 0.726. The molecule has 5 heteroatoms. The SMILES string of the molecule is CC(C)c1nc(N2CCCCCC2)nc(Cl)c1I. The number of halogens is 2. The second kappa shape index (κ2) is 6.37. The largest absolute Gasteiger partial charge is 0.341 e. The van der Waals surface area contributed by atoms with Crippen molar-refractivity contribution in [2.24, 2.45) is 0 Å². The van der Waals surface area contributed by atoms with E-state index >= 15 is 0 Å². The summed E-state index contributed by atoms with van der Waals surface area (Å²) in [6.45, 7) is 6.39. The van der Waals surface area contributed by atoms with E-state index < -0.39 is 0 Å². The zero-order valence-corrected chi connectivity index (χ0v) is 13.8. The molecular weight excluding hydrogens is 361 g/mol. The first kappa shape index (κ1) is 14.3. The smallest absolute Gasteiger partial charge is 0.227 e. The van der Waals surface area contributed by atoms with E-state index in [4.69, 9.17) is 16.6 Å². The van der Waals surface area contributed by atoms with Crippen LogP contribution in [0.5, 0.6) is 0 Å². The summed E-state index contributed by atoms with van der Waals surface area (Å²) in [4.78, 5) is 11.5. The fourth-order valence-corrected chi connectivity index (χ4v) is 3.26. The van der Waals surface area contributed by atoms with E-state index in [1.54, 1.807) is 0 Å². The Balaban J connectivity index is 2.32. The third kappa shape index (κ3) is 3.26. The van der Waals surface area contributed by atoms with Gasteiger partial charge in [0.05, 0.1) is 9.26 Å². The summed E-state index contributed by atoms with van der Waals surface area (Å²) in [5.74, 6) is 1.19. The number of hydrogen-bond acceptors (Lipinski definition) is 3. The Labute approximate surface area is 127 Å². The summed E-state index contributed by atoms with van der Waals surface area (Å²) < 4.78 is 0.989. The van der Waals surface area contributed by atoms with Crippen molar-refractivity contribution in [3.8, 4) is 0 Å². The minimum absolute atomic E-state index is 0.378. The van der Waals surface area contributed by atoms with Crippen LogP contribution in [0.1, 0.15) is 51.1 Å². The van der Waals surface area contributed by atoms with Crippen LogP contribution in [0.4, 0.5) is 5.95 Å². The molecule has 1 aromatic heterocycles. The number of anilines is 1. The third-order valence-corrected chi connectivity index (χ3v) is 4.92. The molecule has 0 aliphatic carbocycles. The topological polar surface area (TPSA) is 29.0 Å². The van der Waals surface area contributed by atoms with E-state index in [2.05, 4.69) is 46.3 Å². The summed E-state index contributed by atoms with van der Waals surface area (Å²) in [7, 11) is 0. The van der Waals surface area contributed by atoms with Crippen LogP contribution in [0.15, 0.2) is 0 Å². The molecule has 0 radical (unpaired) electrons. The lowest BCUT2D eigenvalue weighted by Gasteiger charge is -2.22. The van der Waals surface area contributed by atoms with E-state index in [0.29, 0.717) is 11.1 Å². The highest BCUT2D eigenvalue weighted by Gasteiger charge is 2.18. The van der Waals surface area contributed by atoms with Gasteiger partial charge in [-0.3, -0.25) is 0 Å². The van der Waals surface area contributed by atoms with Crippen molar-refractivity contribution in [3.63, 3.8) is 0 Å². The van der Waals surface area contributed by atoms with Crippen LogP contribution in [-0.2, 0) is 0 Å². The summed E-state index contributed by atoms with van der Waals surface area (Å²) in [5, 5.41) is 0.591. The highest BCUT2D eigenvalue weighted by Crippen LogP contribution is 2.28. The maximum absolute atomic E-state index is 6.24. The van der Waals surface area contributed by atoms with Gasteiger partial charge in [0.15, 0.2) is 0 Å². The minimum atomic E-state index is 0.378. The normalized spacial score (nSPS) is 17.1. The van der Waals surface area contributed by atoms with Gasteiger partial charge in [-0.05, 0) is 41.4 Å². The Kier molecular flexibility index (Phi) is 5.06. The van der Waals surface area contributed by atoms with Crippen molar-refractivity contribution in [1.29, 1.82) is 0 Å². The molecule has 0 saturated carbocycles. The van der Waals surface area contributed by atoms with Crippen LogP contribution >= 0.6 is 34.2 Å². The van der Waals surface area contributed by atoms with Gasteiger partial charge in [-0.25, -0.2) is 4.98 Å². The molecule has 0 spiro atoms. The molecule has 1 aromatic rings. The molecule has 0 bridgehead atoms. The summed E-state index contributed by atoms with van der Waals surface area (Å²) >= 11 is 8.48. The Bertz CT molecular complexity index is 415. The molecule has 1 saturated heterocycles. The van der Waals surface area contributed by atoms with Crippen molar-refractivity contribution >= 4 is 40.1 Å². The fourth-order valence-electron chi connectivity index (χ4n) is 2.22. The molecule has 0 N–H and O–H groups in total. The predicted molar refractivity (Wildman–Crippen MR) is 84.5 cm³/mol. The Morgan fingerprint density at radius 1 is 1.11 bits per heavy atom. The number of hydrogen-bond donors (Lipinski definition) is 0. The highest BCUT2D eigenvalue weighted by molar-refractivity contribution is 14.1. The second-order valence-corrected chi connectivity index (χ2v) is 6.51. The van der Waals surface area contributed by atoms with Crippen molar-refractivity contribution in [2.75, 3.05) is 18.0 Å². The molecular formula is C13H19ClIN3. The van der Waals surface area contributed by atoms with Crippen molar-refractivity contribution < 1.29 is 0 Å². The van der Waals surface area contributed by atoms with Crippen molar-refractivity contribution in [3.05, 3.63) is 14.4 Å². The van der Waals surface area contributed by atoms with Crippen molar-refractivity contribution in [2.45, 2.75) is 45.4 Å². The molecule has 3 nitrogen and oxygen atoms in total. The molecule has 2 rings (SSSR count). The molecule has 0 aromatic carbocycles. The third-order valence-electron chi connectivity index (χ3n) is 3.26. The first-order valence-corrected chi connectivity index (χ1v) is 8.03. The predicted octanol–water partition coefficient (Wildman–Crippen LogP) is 4.24. The lowest BCUT2D eigenvalue weighted by atomic mass is 10.1. The average Bonchev–Trinajstić information content (AvgIpc) is 2.60. The lowest BCUT2D eigenvalue weighted by Crippen LogP contribution is -2.26. The van der Waals surface area contributed by atoms with E-state index in [0.717, 1.165) is 28.3 Å². The van der Waals surface area contributed by atoms with E-state index in [1.165, 1.54) is 25.7 Å². The first-order chi connectivity index (χ1) is 8.59. The Morgan fingerprint density at radius 2 is 1.72 bits per heavy atom. The van der Waals surface area contributed by atoms with E-state index in [9.17, 15) is 0 Å². The van der Waals surface area contributed by atoms with Crippen LogP contribution in [0, 0.1) is 3.57 Å². The van der Waals surface area contributed by atoms with E-state index in [-0.39, 0.29) is 0 Å². The summed E-state index contributed by atoms with van der Waals surface area (Å²) in [6.07, 6.45) is 5.07. The Hall–Kier alpha value is -0.100. The number of aromatic nitrogens is 2. The second-order valence-electron chi connectivity index (χ2n) is 5.07.